The van der Waals surface area contributed by atoms with E-state index in [2.05, 4.69) is 15.3 Å². The molecule has 0 aliphatic carbocycles. The van der Waals surface area contributed by atoms with E-state index in [4.69, 9.17) is 0 Å². The van der Waals surface area contributed by atoms with Crippen molar-refractivity contribution >= 4 is 28.1 Å². The molecule has 25 heavy (non-hydrogen) atoms. The second-order valence-electron chi connectivity index (χ2n) is 5.23. The summed E-state index contributed by atoms with van der Waals surface area (Å²) in [6.45, 7) is -0.175. The molecule has 4 nitrogen and oxygen atoms in total. The molecule has 132 valence electrons. The highest BCUT2D eigenvalue weighted by atomic mass is 19.4. The highest BCUT2D eigenvalue weighted by molar-refractivity contribution is 6.19. The van der Waals surface area contributed by atoms with Crippen LogP contribution in [0.25, 0.3) is 10.9 Å². The van der Waals surface area contributed by atoms with Gasteiger partial charge in [-0.15, -0.1) is 0 Å². The largest absolute Gasteiger partial charge is 0.454 e. The zero-order valence-corrected chi connectivity index (χ0v) is 12.3. The fourth-order valence-electron chi connectivity index (χ4n) is 2.63. The lowest BCUT2D eigenvalue weighted by molar-refractivity contribution is -0.0884. The van der Waals surface area contributed by atoms with Gasteiger partial charge in [-0.3, -0.25) is 14.8 Å². The summed E-state index contributed by atoms with van der Waals surface area (Å²) in [5.41, 5.74) is -3.09. The van der Waals surface area contributed by atoms with Crippen LogP contribution in [0.3, 0.4) is 0 Å². The molecule has 2 heterocycles. The number of alkyl halides is 6. The van der Waals surface area contributed by atoms with E-state index < -0.39 is 35.0 Å². The third-order valence-corrected chi connectivity index (χ3v) is 3.60. The SMILES string of the molecule is O=C(c1cc2c(c3ncccc13)NCCN=C2C(F)(F)F)C(F)(F)F. The first kappa shape index (κ1) is 17.2. The lowest BCUT2D eigenvalue weighted by Gasteiger charge is -2.17. The van der Waals surface area contributed by atoms with Gasteiger partial charge in [0.25, 0.3) is 5.78 Å². The molecule has 2 aromatic rings. The number of nitrogens with zero attached hydrogens (tertiary/aromatic N) is 2. The Bertz CT molecular complexity index is 885. The molecule has 3 rings (SSSR count). The van der Waals surface area contributed by atoms with Gasteiger partial charge in [0, 0.05) is 29.3 Å². The first-order chi connectivity index (χ1) is 11.6. The van der Waals surface area contributed by atoms with Crippen LogP contribution in [-0.4, -0.2) is 41.9 Å². The van der Waals surface area contributed by atoms with Gasteiger partial charge in [0.05, 0.1) is 17.7 Å². The Hall–Kier alpha value is -2.65. The minimum absolute atomic E-state index is 0.0464. The maximum Gasteiger partial charge on any atom is 0.454 e. The monoisotopic (exact) mass is 361 g/mol. The fourth-order valence-corrected chi connectivity index (χ4v) is 2.63. The van der Waals surface area contributed by atoms with Crippen LogP contribution in [0.5, 0.6) is 0 Å². The molecule has 0 amide bonds. The summed E-state index contributed by atoms with van der Waals surface area (Å²) in [4.78, 5) is 19.0. The molecule has 0 radical (unpaired) electrons. The van der Waals surface area contributed by atoms with Crippen LogP contribution < -0.4 is 5.32 Å². The van der Waals surface area contributed by atoms with Crippen LogP contribution in [0.2, 0.25) is 0 Å². The number of hydrogen-bond donors (Lipinski definition) is 1. The molecular formula is C15H9F6N3O. The Labute approximate surface area is 136 Å². The predicted octanol–water partition coefficient (Wildman–Crippen LogP) is 3.76. The molecule has 1 aliphatic heterocycles. The summed E-state index contributed by atoms with van der Waals surface area (Å²) in [6.07, 6.45) is -8.89. The van der Waals surface area contributed by atoms with Crippen molar-refractivity contribution < 1.29 is 31.1 Å². The summed E-state index contributed by atoms with van der Waals surface area (Å²) in [5, 5.41) is 2.52. The van der Waals surface area contributed by atoms with Crippen LogP contribution in [0.4, 0.5) is 32.0 Å². The maximum absolute atomic E-state index is 13.3. The summed E-state index contributed by atoms with van der Waals surface area (Å²) < 4.78 is 78.4. The fraction of sp³-hybridized carbons (Fsp3) is 0.267. The summed E-state index contributed by atoms with van der Waals surface area (Å²) in [5.74, 6) is -2.24. The number of aliphatic imine (C=N–C) groups is 1. The van der Waals surface area contributed by atoms with Crippen LogP contribution in [-0.2, 0) is 0 Å². The van der Waals surface area contributed by atoms with Gasteiger partial charge >= 0.3 is 12.4 Å². The van der Waals surface area contributed by atoms with Crippen molar-refractivity contribution in [2.45, 2.75) is 12.4 Å². The van der Waals surface area contributed by atoms with E-state index in [1.165, 1.54) is 18.3 Å². The van der Waals surface area contributed by atoms with Crippen molar-refractivity contribution in [3.63, 3.8) is 0 Å². The Kier molecular flexibility index (Phi) is 3.92. The number of carbonyl (C=O) groups is 1. The summed E-state index contributed by atoms with van der Waals surface area (Å²) in [6, 6.07) is 3.09. The number of fused-ring (bicyclic) bond motifs is 3. The predicted molar refractivity (Wildman–Crippen MR) is 78.1 cm³/mol. The van der Waals surface area contributed by atoms with Crippen molar-refractivity contribution in [2.75, 3.05) is 18.4 Å². The van der Waals surface area contributed by atoms with Gasteiger partial charge in [0.2, 0.25) is 0 Å². The van der Waals surface area contributed by atoms with E-state index in [1.807, 2.05) is 0 Å². The summed E-state index contributed by atoms with van der Waals surface area (Å²) >= 11 is 0. The molecule has 0 fully saturated rings. The normalized spacial score (nSPS) is 15.2. The molecule has 0 bridgehead atoms. The Balaban J connectivity index is 2.39. The van der Waals surface area contributed by atoms with Gasteiger partial charge in [0.15, 0.2) is 0 Å². The Morgan fingerprint density at radius 3 is 2.52 bits per heavy atom. The van der Waals surface area contributed by atoms with Crippen molar-refractivity contribution in [2.24, 2.45) is 4.99 Å². The minimum Gasteiger partial charge on any atom is -0.381 e. The second kappa shape index (κ2) is 5.71. The summed E-state index contributed by atoms with van der Waals surface area (Å²) in [7, 11) is 0. The maximum atomic E-state index is 13.3. The molecule has 10 heteroatoms. The average Bonchev–Trinajstić information content (AvgIpc) is 2.74. The molecule has 0 atom stereocenters. The molecule has 0 spiro atoms. The second-order valence-corrected chi connectivity index (χ2v) is 5.23. The topological polar surface area (TPSA) is 54.4 Å². The van der Waals surface area contributed by atoms with Crippen LogP contribution in [0.1, 0.15) is 15.9 Å². The van der Waals surface area contributed by atoms with Gasteiger partial charge < -0.3 is 5.32 Å². The molecular weight excluding hydrogens is 352 g/mol. The van der Waals surface area contributed by atoms with Gasteiger partial charge in [0.1, 0.15) is 5.71 Å². The third kappa shape index (κ3) is 3.03. The van der Waals surface area contributed by atoms with Gasteiger partial charge in [-0.05, 0) is 12.1 Å². The Morgan fingerprint density at radius 1 is 1.16 bits per heavy atom. The van der Waals surface area contributed by atoms with Gasteiger partial charge in [-0.1, -0.05) is 6.07 Å². The zero-order chi connectivity index (χ0) is 18.4. The van der Waals surface area contributed by atoms with Crippen LogP contribution >= 0.6 is 0 Å². The number of Topliss-reactive ketones (excluding diaryl/α,β-unsaturated/α-hetero) is 1. The van der Waals surface area contributed by atoms with Crippen molar-refractivity contribution in [1.29, 1.82) is 0 Å². The zero-order valence-electron chi connectivity index (χ0n) is 12.3. The van der Waals surface area contributed by atoms with Gasteiger partial charge in [-0.2, -0.15) is 26.3 Å². The number of ketones is 1. The molecule has 1 N–H and O–H groups in total. The first-order valence-corrected chi connectivity index (χ1v) is 7.00. The quantitative estimate of drug-likeness (QED) is 0.622. The van der Waals surface area contributed by atoms with Crippen LogP contribution in [0, 0.1) is 0 Å². The molecule has 1 aromatic carbocycles. The minimum atomic E-state index is -5.23. The number of aromatic nitrogens is 1. The molecule has 1 aliphatic rings. The molecule has 0 saturated carbocycles. The van der Waals surface area contributed by atoms with Crippen molar-refractivity contribution in [3.05, 3.63) is 35.5 Å². The number of carbonyl (C=O) groups excluding carboxylic acids is 1. The lowest BCUT2D eigenvalue weighted by atomic mass is 9.96. The van der Waals surface area contributed by atoms with Gasteiger partial charge in [-0.25, -0.2) is 0 Å². The number of rotatable bonds is 1. The lowest BCUT2D eigenvalue weighted by Crippen LogP contribution is -2.27. The number of halogens is 6. The van der Waals surface area contributed by atoms with E-state index in [0.29, 0.717) is 6.07 Å². The number of nitrogens with one attached hydrogen (secondary N) is 1. The van der Waals surface area contributed by atoms with E-state index >= 15 is 0 Å². The van der Waals surface area contributed by atoms with Crippen molar-refractivity contribution in [1.82, 2.24) is 4.98 Å². The Morgan fingerprint density at radius 2 is 1.88 bits per heavy atom. The number of anilines is 1. The number of hydrogen-bond acceptors (Lipinski definition) is 4. The smallest absolute Gasteiger partial charge is 0.381 e. The van der Waals surface area contributed by atoms with Crippen molar-refractivity contribution in [3.8, 4) is 0 Å². The van der Waals surface area contributed by atoms with E-state index in [0.717, 1.165) is 0 Å². The third-order valence-electron chi connectivity index (χ3n) is 3.60. The molecule has 1 aromatic heterocycles. The number of benzene rings is 1. The highest BCUT2D eigenvalue weighted by Crippen LogP contribution is 2.37. The van der Waals surface area contributed by atoms with Crippen LogP contribution in [0.15, 0.2) is 29.4 Å². The highest BCUT2D eigenvalue weighted by Gasteiger charge is 2.43. The molecule has 0 saturated heterocycles. The van der Waals surface area contributed by atoms with E-state index in [1.54, 1.807) is 0 Å². The van der Waals surface area contributed by atoms with E-state index in [9.17, 15) is 31.1 Å². The first-order valence-electron chi connectivity index (χ1n) is 7.00. The van der Waals surface area contributed by atoms with E-state index in [-0.39, 0.29) is 29.7 Å². The standard InChI is InChI=1S/C15H9F6N3O/c16-14(17,18)12-9-6-8(13(25)15(19,20)21)7-2-1-3-22-10(7)11(9)23-4-5-24-12/h1-3,6,23H,4-5H2. The molecule has 0 unspecified atom stereocenters. The average molecular weight is 361 g/mol. The number of pyridine rings is 1.